The summed E-state index contributed by atoms with van der Waals surface area (Å²) < 4.78 is 11.7. The normalized spacial score (nSPS) is 28.4. The van der Waals surface area contributed by atoms with Gasteiger partial charge in [0.2, 0.25) is 5.91 Å². The lowest BCUT2D eigenvalue weighted by atomic mass is 10.1. The van der Waals surface area contributed by atoms with Crippen LogP contribution >= 0.6 is 0 Å². The molecule has 3 atom stereocenters. The molecule has 3 aliphatic rings. The topological polar surface area (TPSA) is 59.1 Å². The molecule has 3 fully saturated rings. The van der Waals surface area contributed by atoms with Crippen molar-refractivity contribution in [2.45, 2.75) is 30.7 Å². The van der Waals surface area contributed by atoms with Crippen LogP contribution in [0.2, 0.25) is 0 Å². The predicted octanol–water partition coefficient (Wildman–Crippen LogP) is 2.61. The van der Waals surface area contributed by atoms with Crippen LogP contribution in [-0.2, 0) is 9.53 Å². The Kier molecular flexibility index (Phi) is 3.91. The summed E-state index contributed by atoms with van der Waals surface area (Å²) in [5, 5.41) is 0. The minimum Gasteiger partial charge on any atom is -0.497 e. The third-order valence-corrected chi connectivity index (χ3v) is 6.18. The zero-order valence-corrected chi connectivity index (χ0v) is 15.7. The van der Waals surface area contributed by atoms with Gasteiger partial charge in [-0.2, -0.15) is 0 Å². The van der Waals surface area contributed by atoms with Gasteiger partial charge >= 0.3 is 0 Å². The lowest BCUT2D eigenvalue weighted by molar-refractivity contribution is -0.138. The summed E-state index contributed by atoms with van der Waals surface area (Å²) in [6.45, 7) is 1.12. The van der Waals surface area contributed by atoms with Crippen molar-refractivity contribution >= 4 is 11.8 Å². The van der Waals surface area contributed by atoms with Gasteiger partial charge in [0.1, 0.15) is 11.9 Å². The van der Waals surface area contributed by atoms with Crippen molar-refractivity contribution in [3.63, 3.8) is 0 Å². The van der Waals surface area contributed by atoms with Crippen LogP contribution in [0.5, 0.6) is 5.75 Å². The molecule has 144 valence electrons. The summed E-state index contributed by atoms with van der Waals surface area (Å²) in [5.74, 6) is 0.624. The first-order chi connectivity index (χ1) is 13.6. The van der Waals surface area contributed by atoms with Crippen LogP contribution in [0.25, 0.3) is 0 Å². The molecule has 28 heavy (non-hydrogen) atoms. The first-order valence-electron chi connectivity index (χ1n) is 9.60. The van der Waals surface area contributed by atoms with E-state index in [0.717, 1.165) is 5.56 Å². The Morgan fingerprint density at radius 1 is 1.18 bits per heavy atom. The highest BCUT2D eigenvalue weighted by atomic mass is 16.5. The van der Waals surface area contributed by atoms with Crippen molar-refractivity contribution < 1.29 is 19.1 Å². The number of carbonyl (C=O) groups excluding carboxylic acids is 2. The Hall–Kier alpha value is -2.86. The molecule has 0 saturated carbocycles. The van der Waals surface area contributed by atoms with Gasteiger partial charge in [0.05, 0.1) is 26.1 Å². The Balaban J connectivity index is 1.43. The first kappa shape index (κ1) is 17.3. The van der Waals surface area contributed by atoms with E-state index in [2.05, 4.69) is 0 Å². The number of ether oxygens (including phenoxy) is 2. The molecule has 6 nitrogen and oxygen atoms in total. The number of nitrogens with zero attached hydrogens (tertiary/aromatic N) is 2. The van der Waals surface area contributed by atoms with Crippen LogP contribution in [-0.4, -0.2) is 53.6 Å². The number of likely N-dealkylation sites (tertiary alicyclic amines) is 1. The molecule has 2 aromatic rings. The van der Waals surface area contributed by atoms with E-state index in [9.17, 15) is 9.59 Å². The zero-order chi connectivity index (χ0) is 19.3. The lowest BCUT2D eigenvalue weighted by Gasteiger charge is -2.32. The lowest BCUT2D eigenvalue weighted by Crippen LogP contribution is -2.48. The Labute approximate surface area is 163 Å². The molecule has 0 radical (unpaired) electrons. The second-order valence-electron chi connectivity index (χ2n) is 7.57. The molecule has 3 heterocycles. The molecule has 3 aliphatic heterocycles. The average molecular weight is 378 g/mol. The van der Waals surface area contributed by atoms with E-state index in [4.69, 9.17) is 9.47 Å². The van der Waals surface area contributed by atoms with Gasteiger partial charge in [0.25, 0.3) is 5.91 Å². The van der Waals surface area contributed by atoms with Gasteiger partial charge in [-0.25, -0.2) is 0 Å². The van der Waals surface area contributed by atoms with Crippen molar-refractivity contribution in [3.05, 3.63) is 65.7 Å². The summed E-state index contributed by atoms with van der Waals surface area (Å²) >= 11 is 0. The van der Waals surface area contributed by atoms with Crippen molar-refractivity contribution in [3.8, 4) is 5.75 Å². The molecule has 3 saturated heterocycles. The van der Waals surface area contributed by atoms with Gasteiger partial charge < -0.3 is 19.3 Å². The SMILES string of the molecule is COc1cccc(C(=O)N2CC[C@@]34O[C@@H](c5ccccc5)CN3C(=O)C[C@@H]24)c1. The average Bonchev–Trinajstić information content (AvgIpc) is 3.36. The smallest absolute Gasteiger partial charge is 0.254 e. The molecule has 6 heteroatoms. The summed E-state index contributed by atoms with van der Waals surface area (Å²) in [7, 11) is 1.58. The van der Waals surface area contributed by atoms with Crippen LogP contribution in [0.15, 0.2) is 54.6 Å². The van der Waals surface area contributed by atoms with Crippen molar-refractivity contribution in [2.75, 3.05) is 20.2 Å². The summed E-state index contributed by atoms with van der Waals surface area (Å²) in [6, 6.07) is 16.9. The maximum atomic E-state index is 13.2. The van der Waals surface area contributed by atoms with Gasteiger partial charge in [-0.3, -0.25) is 9.59 Å². The van der Waals surface area contributed by atoms with E-state index in [-0.39, 0.29) is 24.0 Å². The highest BCUT2D eigenvalue weighted by molar-refractivity contribution is 5.96. The highest BCUT2D eigenvalue weighted by Crippen LogP contribution is 2.50. The monoisotopic (exact) mass is 378 g/mol. The minimum absolute atomic E-state index is 0.0616. The molecular formula is C22H22N2O4. The standard InChI is InChI=1S/C22H22N2O4/c1-27-17-9-5-8-16(12-17)21(26)23-11-10-22-19(23)13-20(25)24(22)14-18(28-22)15-6-3-2-4-7-15/h2-9,12,18-19H,10-11,13-14H2,1H3/t18-,19-,22+/m1/s1. The Bertz CT molecular complexity index is 931. The van der Waals surface area contributed by atoms with E-state index in [0.29, 0.717) is 37.2 Å². The first-order valence-corrected chi connectivity index (χ1v) is 9.60. The number of hydrogen-bond acceptors (Lipinski definition) is 4. The second-order valence-corrected chi connectivity index (χ2v) is 7.57. The highest BCUT2D eigenvalue weighted by Gasteiger charge is 2.65. The zero-order valence-electron chi connectivity index (χ0n) is 15.7. The molecule has 1 spiro atoms. The Morgan fingerprint density at radius 2 is 2.00 bits per heavy atom. The van der Waals surface area contributed by atoms with Gasteiger partial charge in [0, 0.05) is 18.5 Å². The third kappa shape index (κ3) is 2.44. The molecular weight excluding hydrogens is 356 g/mol. The molecule has 0 unspecified atom stereocenters. The van der Waals surface area contributed by atoms with Crippen LogP contribution in [0.1, 0.15) is 34.9 Å². The van der Waals surface area contributed by atoms with Crippen LogP contribution in [0, 0.1) is 0 Å². The minimum atomic E-state index is -0.702. The number of rotatable bonds is 3. The summed E-state index contributed by atoms with van der Waals surface area (Å²) in [4.78, 5) is 29.6. The van der Waals surface area contributed by atoms with E-state index < -0.39 is 5.72 Å². The summed E-state index contributed by atoms with van der Waals surface area (Å²) in [5.41, 5.74) is 0.932. The van der Waals surface area contributed by atoms with Crippen molar-refractivity contribution in [1.82, 2.24) is 9.80 Å². The van der Waals surface area contributed by atoms with E-state index >= 15 is 0 Å². The van der Waals surface area contributed by atoms with Crippen molar-refractivity contribution in [1.29, 1.82) is 0 Å². The van der Waals surface area contributed by atoms with Gasteiger partial charge in [-0.05, 0) is 23.8 Å². The molecule has 5 rings (SSSR count). The van der Waals surface area contributed by atoms with Crippen LogP contribution < -0.4 is 4.74 Å². The number of hydrogen-bond donors (Lipinski definition) is 0. The number of carbonyl (C=O) groups is 2. The van der Waals surface area contributed by atoms with Gasteiger partial charge in [-0.15, -0.1) is 0 Å². The number of amides is 2. The van der Waals surface area contributed by atoms with E-state index in [1.165, 1.54) is 0 Å². The molecule has 0 bridgehead atoms. The van der Waals surface area contributed by atoms with E-state index in [1.807, 2.05) is 47.4 Å². The fraction of sp³-hybridized carbons (Fsp3) is 0.364. The van der Waals surface area contributed by atoms with Crippen molar-refractivity contribution in [2.24, 2.45) is 0 Å². The van der Waals surface area contributed by atoms with Crippen LogP contribution in [0.3, 0.4) is 0 Å². The summed E-state index contributed by atoms with van der Waals surface area (Å²) in [6.07, 6.45) is 0.805. The predicted molar refractivity (Wildman–Crippen MR) is 102 cm³/mol. The Morgan fingerprint density at radius 3 is 2.79 bits per heavy atom. The third-order valence-electron chi connectivity index (χ3n) is 6.18. The maximum absolute atomic E-state index is 13.2. The number of benzene rings is 2. The van der Waals surface area contributed by atoms with Gasteiger partial charge in [0.15, 0.2) is 5.72 Å². The largest absolute Gasteiger partial charge is 0.497 e. The number of methoxy groups -OCH3 is 1. The molecule has 0 aliphatic carbocycles. The molecule has 0 N–H and O–H groups in total. The van der Waals surface area contributed by atoms with Gasteiger partial charge in [-0.1, -0.05) is 36.4 Å². The van der Waals surface area contributed by atoms with E-state index in [1.54, 1.807) is 24.1 Å². The molecule has 2 aromatic carbocycles. The molecule has 0 aromatic heterocycles. The molecule has 2 amide bonds. The second kappa shape index (κ2) is 6.34. The fourth-order valence-corrected chi connectivity index (χ4v) is 4.83. The fourth-order valence-electron chi connectivity index (χ4n) is 4.83. The van der Waals surface area contributed by atoms with Crippen LogP contribution in [0.4, 0.5) is 0 Å². The quantitative estimate of drug-likeness (QED) is 0.824. The maximum Gasteiger partial charge on any atom is 0.254 e.